The van der Waals surface area contributed by atoms with Crippen molar-refractivity contribution in [2.75, 3.05) is 7.11 Å². The standard InChI is InChI=1S/C14H17ClN2OS/c1-9-7-17-14(19-9)10(2)16-8-11-6-12(15)4-5-13(11)18-3/h4-7,10,16H,8H2,1-3H3. The third-order valence-electron chi connectivity index (χ3n) is 2.85. The van der Waals surface area contributed by atoms with Crippen molar-refractivity contribution in [3.8, 4) is 5.75 Å². The van der Waals surface area contributed by atoms with Gasteiger partial charge in [-0.25, -0.2) is 4.98 Å². The number of benzene rings is 1. The Morgan fingerprint density at radius 2 is 2.26 bits per heavy atom. The first-order chi connectivity index (χ1) is 9.10. The smallest absolute Gasteiger partial charge is 0.123 e. The van der Waals surface area contributed by atoms with Crippen LogP contribution in [0.3, 0.4) is 0 Å². The lowest BCUT2D eigenvalue weighted by Gasteiger charge is -2.13. The number of aromatic nitrogens is 1. The molecule has 0 aliphatic rings. The average molecular weight is 297 g/mol. The van der Waals surface area contributed by atoms with Gasteiger partial charge in [0.1, 0.15) is 10.8 Å². The SMILES string of the molecule is COc1ccc(Cl)cc1CNC(C)c1ncc(C)s1. The van der Waals surface area contributed by atoms with E-state index in [1.54, 1.807) is 18.4 Å². The number of hydrogen-bond donors (Lipinski definition) is 1. The summed E-state index contributed by atoms with van der Waals surface area (Å²) in [5.41, 5.74) is 1.05. The van der Waals surface area contributed by atoms with Gasteiger partial charge in [0.15, 0.2) is 0 Å². The minimum atomic E-state index is 0.211. The van der Waals surface area contributed by atoms with Gasteiger partial charge in [0.2, 0.25) is 0 Å². The van der Waals surface area contributed by atoms with Gasteiger partial charge >= 0.3 is 0 Å². The van der Waals surface area contributed by atoms with Crippen molar-refractivity contribution >= 4 is 22.9 Å². The minimum absolute atomic E-state index is 0.211. The fraction of sp³-hybridized carbons (Fsp3) is 0.357. The van der Waals surface area contributed by atoms with Gasteiger partial charge in [-0.2, -0.15) is 0 Å². The second kappa shape index (κ2) is 6.37. The normalized spacial score (nSPS) is 12.4. The Morgan fingerprint density at radius 1 is 1.47 bits per heavy atom. The maximum Gasteiger partial charge on any atom is 0.123 e. The van der Waals surface area contributed by atoms with E-state index in [0.717, 1.165) is 21.3 Å². The average Bonchev–Trinajstić information content (AvgIpc) is 2.83. The fourth-order valence-corrected chi connectivity index (χ4v) is 2.80. The van der Waals surface area contributed by atoms with Crippen molar-refractivity contribution in [3.63, 3.8) is 0 Å². The molecule has 1 heterocycles. The lowest BCUT2D eigenvalue weighted by molar-refractivity contribution is 0.406. The molecule has 0 saturated heterocycles. The highest BCUT2D eigenvalue weighted by molar-refractivity contribution is 7.11. The molecule has 0 saturated carbocycles. The Kier molecular flexibility index (Phi) is 4.80. The van der Waals surface area contributed by atoms with Crippen LogP contribution in [-0.4, -0.2) is 12.1 Å². The van der Waals surface area contributed by atoms with E-state index in [9.17, 15) is 0 Å². The summed E-state index contributed by atoms with van der Waals surface area (Å²) in [7, 11) is 1.67. The molecule has 0 aliphatic carbocycles. The summed E-state index contributed by atoms with van der Waals surface area (Å²) in [6.45, 7) is 4.87. The molecule has 1 aromatic carbocycles. The molecule has 1 atom stereocenters. The molecule has 0 aliphatic heterocycles. The predicted octanol–water partition coefficient (Wildman–Crippen LogP) is 3.96. The third-order valence-corrected chi connectivity index (χ3v) is 4.18. The van der Waals surface area contributed by atoms with E-state index in [1.807, 2.05) is 24.4 Å². The van der Waals surface area contributed by atoms with Crippen LogP contribution in [0.15, 0.2) is 24.4 Å². The monoisotopic (exact) mass is 296 g/mol. The first-order valence-electron chi connectivity index (χ1n) is 6.08. The number of nitrogens with zero attached hydrogens (tertiary/aromatic N) is 1. The van der Waals surface area contributed by atoms with Crippen molar-refractivity contribution in [2.24, 2.45) is 0 Å². The molecule has 1 unspecified atom stereocenters. The van der Waals surface area contributed by atoms with Gasteiger partial charge in [0, 0.05) is 28.2 Å². The molecule has 19 heavy (non-hydrogen) atoms. The maximum absolute atomic E-state index is 6.02. The van der Waals surface area contributed by atoms with Crippen molar-refractivity contribution in [2.45, 2.75) is 26.4 Å². The van der Waals surface area contributed by atoms with Gasteiger partial charge in [0.25, 0.3) is 0 Å². The summed E-state index contributed by atoms with van der Waals surface area (Å²) in [6.07, 6.45) is 1.90. The van der Waals surface area contributed by atoms with Gasteiger partial charge in [0.05, 0.1) is 13.2 Å². The topological polar surface area (TPSA) is 34.1 Å². The number of halogens is 1. The minimum Gasteiger partial charge on any atom is -0.496 e. The summed E-state index contributed by atoms with van der Waals surface area (Å²) < 4.78 is 5.33. The van der Waals surface area contributed by atoms with Gasteiger partial charge < -0.3 is 10.1 Å². The van der Waals surface area contributed by atoms with E-state index in [2.05, 4.69) is 24.1 Å². The van der Waals surface area contributed by atoms with E-state index in [1.165, 1.54) is 4.88 Å². The Labute approximate surface area is 122 Å². The van der Waals surface area contributed by atoms with E-state index in [4.69, 9.17) is 16.3 Å². The lowest BCUT2D eigenvalue weighted by atomic mass is 10.2. The number of thiazole rings is 1. The summed E-state index contributed by atoms with van der Waals surface area (Å²) in [5, 5.41) is 5.25. The van der Waals surface area contributed by atoms with E-state index < -0.39 is 0 Å². The van der Waals surface area contributed by atoms with Crippen LogP contribution in [0.4, 0.5) is 0 Å². The highest BCUT2D eigenvalue weighted by Crippen LogP contribution is 2.24. The van der Waals surface area contributed by atoms with Crippen molar-refractivity contribution in [1.82, 2.24) is 10.3 Å². The van der Waals surface area contributed by atoms with Crippen LogP contribution < -0.4 is 10.1 Å². The Hall–Kier alpha value is -1.10. The molecule has 1 N–H and O–H groups in total. The Balaban J connectivity index is 2.04. The van der Waals surface area contributed by atoms with Crippen molar-refractivity contribution in [1.29, 1.82) is 0 Å². The maximum atomic E-state index is 6.02. The number of nitrogens with one attached hydrogen (secondary N) is 1. The zero-order chi connectivity index (χ0) is 13.8. The lowest BCUT2D eigenvalue weighted by Crippen LogP contribution is -2.18. The molecule has 2 aromatic rings. The summed E-state index contributed by atoms with van der Waals surface area (Å²) in [6, 6.07) is 5.85. The van der Waals surface area contributed by atoms with Gasteiger partial charge in [-0.1, -0.05) is 11.6 Å². The summed E-state index contributed by atoms with van der Waals surface area (Å²) in [4.78, 5) is 5.61. The molecular weight excluding hydrogens is 280 g/mol. The molecule has 3 nitrogen and oxygen atoms in total. The quantitative estimate of drug-likeness (QED) is 0.907. The van der Waals surface area contributed by atoms with Crippen LogP contribution >= 0.6 is 22.9 Å². The molecule has 0 bridgehead atoms. The van der Waals surface area contributed by atoms with Gasteiger partial charge in [-0.15, -0.1) is 11.3 Å². The summed E-state index contributed by atoms with van der Waals surface area (Å²) in [5.74, 6) is 0.847. The first-order valence-corrected chi connectivity index (χ1v) is 7.27. The molecule has 0 radical (unpaired) electrons. The van der Waals surface area contributed by atoms with Gasteiger partial charge in [-0.3, -0.25) is 0 Å². The second-order valence-corrected chi connectivity index (χ2v) is 6.07. The molecule has 2 rings (SSSR count). The molecular formula is C14H17ClN2OS. The van der Waals surface area contributed by atoms with Crippen LogP contribution in [0.5, 0.6) is 5.75 Å². The van der Waals surface area contributed by atoms with E-state index >= 15 is 0 Å². The zero-order valence-corrected chi connectivity index (χ0v) is 12.8. The molecule has 0 amide bonds. The van der Waals surface area contributed by atoms with E-state index in [0.29, 0.717) is 6.54 Å². The number of ether oxygens (including phenoxy) is 1. The molecule has 0 fully saturated rings. The highest BCUT2D eigenvalue weighted by Gasteiger charge is 2.10. The molecule has 102 valence electrons. The highest BCUT2D eigenvalue weighted by atomic mass is 35.5. The Morgan fingerprint density at radius 3 is 2.89 bits per heavy atom. The first kappa shape index (κ1) is 14.3. The molecule has 5 heteroatoms. The van der Waals surface area contributed by atoms with Gasteiger partial charge in [-0.05, 0) is 32.0 Å². The van der Waals surface area contributed by atoms with Crippen LogP contribution in [0, 0.1) is 6.92 Å². The molecule has 0 spiro atoms. The van der Waals surface area contributed by atoms with E-state index in [-0.39, 0.29) is 6.04 Å². The third kappa shape index (κ3) is 3.69. The van der Waals surface area contributed by atoms with Crippen LogP contribution in [0.2, 0.25) is 5.02 Å². The summed E-state index contributed by atoms with van der Waals surface area (Å²) >= 11 is 7.73. The predicted molar refractivity (Wildman–Crippen MR) is 80.1 cm³/mol. The fourth-order valence-electron chi connectivity index (χ4n) is 1.81. The van der Waals surface area contributed by atoms with Crippen LogP contribution in [-0.2, 0) is 6.54 Å². The van der Waals surface area contributed by atoms with Crippen LogP contribution in [0.1, 0.15) is 28.4 Å². The number of hydrogen-bond acceptors (Lipinski definition) is 4. The number of aryl methyl sites for hydroxylation is 1. The number of rotatable bonds is 5. The van der Waals surface area contributed by atoms with Crippen LogP contribution in [0.25, 0.3) is 0 Å². The molecule has 1 aromatic heterocycles. The number of methoxy groups -OCH3 is 1. The second-order valence-electron chi connectivity index (χ2n) is 4.37. The van der Waals surface area contributed by atoms with Crippen molar-refractivity contribution < 1.29 is 4.74 Å². The largest absolute Gasteiger partial charge is 0.496 e. The zero-order valence-electron chi connectivity index (χ0n) is 11.2. The Bertz CT molecular complexity index is 556. The van der Waals surface area contributed by atoms with Crippen molar-refractivity contribution in [3.05, 3.63) is 44.9 Å².